The van der Waals surface area contributed by atoms with E-state index in [4.69, 9.17) is 4.74 Å². The Morgan fingerprint density at radius 2 is 2.08 bits per heavy atom. The van der Waals surface area contributed by atoms with E-state index < -0.39 is 5.60 Å². The summed E-state index contributed by atoms with van der Waals surface area (Å²) in [5.74, 6) is 0.480. The summed E-state index contributed by atoms with van der Waals surface area (Å²) in [7, 11) is 1.45. The Labute approximate surface area is 149 Å². The lowest BCUT2D eigenvalue weighted by Crippen LogP contribution is -2.41. The van der Waals surface area contributed by atoms with Gasteiger partial charge in [-0.2, -0.15) is 0 Å². The van der Waals surface area contributed by atoms with Crippen LogP contribution in [0.25, 0.3) is 0 Å². The van der Waals surface area contributed by atoms with Gasteiger partial charge in [0.2, 0.25) is 0 Å². The molecular formula is C19H30FN3O2. The maximum absolute atomic E-state index is 13.9. The normalized spacial score (nSPS) is 18.5. The predicted octanol–water partition coefficient (Wildman–Crippen LogP) is 3.15. The van der Waals surface area contributed by atoms with Gasteiger partial charge in [-0.3, -0.25) is 4.99 Å². The molecule has 0 aromatic heterocycles. The van der Waals surface area contributed by atoms with Gasteiger partial charge in [0.25, 0.3) is 0 Å². The molecule has 1 aromatic carbocycles. The van der Waals surface area contributed by atoms with E-state index in [-0.39, 0.29) is 17.6 Å². The van der Waals surface area contributed by atoms with Gasteiger partial charge in [0.05, 0.1) is 25.3 Å². The van der Waals surface area contributed by atoms with Gasteiger partial charge in [-0.05, 0) is 44.4 Å². The molecule has 0 saturated heterocycles. The number of hydrogen-bond donors (Lipinski definition) is 3. The average Bonchev–Trinajstić information content (AvgIpc) is 2.60. The third-order valence-electron chi connectivity index (χ3n) is 4.69. The van der Waals surface area contributed by atoms with Gasteiger partial charge in [0.1, 0.15) is 0 Å². The first-order valence-electron chi connectivity index (χ1n) is 9.08. The molecule has 6 heteroatoms. The predicted molar refractivity (Wildman–Crippen MR) is 98.5 cm³/mol. The molecule has 2 rings (SSSR count). The standard InChI is InChI=1S/C19H30FN3O2/c1-4-21-18(22-13-19(24)10-6-5-7-11-19)23-14(2)15-8-9-17(25-3)16(20)12-15/h8-9,12,14,24H,4-7,10-11,13H2,1-3H3,(H2,21,22,23). The summed E-state index contributed by atoms with van der Waals surface area (Å²) in [4.78, 5) is 4.56. The van der Waals surface area contributed by atoms with Gasteiger partial charge in [-0.25, -0.2) is 4.39 Å². The van der Waals surface area contributed by atoms with E-state index in [1.807, 2.05) is 19.9 Å². The number of halogens is 1. The highest BCUT2D eigenvalue weighted by molar-refractivity contribution is 5.80. The first-order valence-corrected chi connectivity index (χ1v) is 9.08. The molecule has 1 unspecified atom stereocenters. The summed E-state index contributed by atoms with van der Waals surface area (Å²) in [6.07, 6.45) is 4.89. The number of guanidine groups is 1. The quantitative estimate of drug-likeness (QED) is 0.544. The number of ether oxygens (including phenoxy) is 1. The van der Waals surface area contributed by atoms with Crippen LogP contribution in [0.2, 0.25) is 0 Å². The van der Waals surface area contributed by atoms with Crippen LogP contribution in [-0.4, -0.2) is 36.9 Å². The smallest absolute Gasteiger partial charge is 0.191 e. The van der Waals surface area contributed by atoms with Gasteiger partial charge in [-0.15, -0.1) is 0 Å². The molecule has 0 radical (unpaired) electrons. The van der Waals surface area contributed by atoms with Crippen molar-refractivity contribution in [3.63, 3.8) is 0 Å². The van der Waals surface area contributed by atoms with Crippen LogP contribution in [-0.2, 0) is 0 Å². The lowest BCUT2D eigenvalue weighted by atomic mass is 9.85. The Bertz CT molecular complexity index is 586. The fourth-order valence-corrected chi connectivity index (χ4v) is 3.15. The molecule has 0 bridgehead atoms. The molecule has 1 saturated carbocycles. The third-order valence-corrected chi connectivity index (χ3v) is 4.69. The van der Waals surface area contributed by atoms with E-state index >= 15 is 0 Å². The fourth-order valence-electron chi connectivity index (χ4n) is 3.15. The summed E-state index contributed by atoms with van der Waals surface area (Å²) in [6, 6.07) is 4.80. The van der Waals surface area contributed by atoms with Gasteiger partial charge in [-0.1, -0.05) is 25.3 Å². The van der Waals surface area contributed by atoms with Crippen molar-refractivity contribution in [2.75, 3.05) is 20.2 Å². The SMILES string of the molecule is CCNC(=NCC1(O)CCCCC1)NC(C)c1ccc(OC)c(F)c1. The largest absolute Gasteiger partial charge is 0.494 e. The molecule has 0 spiro atoms. The summed E-state index contributed by atoms with van der Waals surface area (Å²) < 4.78 is 18.9. The topological polar surface area (TPSA) is 65.9 Å². The molecule has 140 valence electrons. The van der Waals surface area contributed by atoms with Crippen LogP contribution in [0.3, 0.4) is 0 Å². The van der Waals surface area contributed by atoms with Crippen molar-refractivity contribution >= 4 is 5.96 Å². The third kappa shape index (κ3) is 5.59. The molecule has 1 atom stereocenters. The molecule has 5 nitrogen and oxygen atoms in total. The minimum Gasteiger partial charge on any atom is -0.494 e. The van der Waals surface area contributed by atoms with Crippen LogP contribution in [0, 0.1) is 5.82 Å². The van der Waals surface area contributed by atoms with E-state index in [1.165, 1.54) is 19.6 Å². The number of methoxy groups -OCH3 is 1. The van der Waals surface area contributed by atoms with Crippen molar-refractivity contribution in [3.05, 3.63) is 29.6 Å². The first kappa shape index (κ1) is 19.5. The van der Waals surface area contributed by atoms with Crippen molar-refractivity contribution in [1.82, 2.24) is 10.6 Å². The number of nitrogens with zero attached hydrogens (tertiary/aromatic N) is 1. The zero-order valence-corrected chi connectivity index (χ0v) is 15.4. The monoisotopic (exact) mass is 351 g/mol. The van der Waals surface area contributed by atoms with E-state index in [0.717, 1.165) is 31.2 Å². The molecule has 0 amide bonds. The Kier molecular flexibility index (Phi) is 7.05. The molecule has 25 heavy (non-hydrogen) atoms. The lowest BCUT2D eigenvalue weighted by molar-refractivity contribution is 0.0131. The molecule has 3 N–H and O–H groups in total. The summed E-state index contributed by atoms with van der Waals surface area (Å²) in [5, 5.41) is 17.1. The highest BCUT2D eigenvalue weighted by atomic mass is 19.1. The Hall–Kier alpha value is -1.82. The highest BCUT2D eigenvalue weighted by Crippen LogP contribution is 2.28. The van der Waals surface area contributed by atoms with Crippen LogP contribution in [0.15, 0.2) is 23.2 Å². The fraction of sp³-hybridized carbons (Fsp3) is 0.632. The zero-order chi connectivity index (χ0) is 18.3. The number of rotatable bonds is 6. The van der Waals surface area contributed by atoms with E-state index in [9.17, 15) is 9.50 Å². The number of benzene rings is 1. The van der Waals surface area contributed by atoms with Crippen LogP contribution >= 0.6 is 0 Å². The molecule has 1 aromatic rings. The Balaban J connectivity index is 2.04. The minimum absolute atomic E-state index is 0.126. The molecule has 1 fully saturated rings. The van der Waals surface area contributed by atoms with Gasteiger partial charge < -0.3 is 20.5 Å². The second-order valence-corrected chi connectivity index (χ2v) is 6.74. The van der Waals surface area contributed by atoms with Crippen molar-refractivity contribution in [2.45, 2.75) is 57.6 Å². The maximum Gasteiger partial charge on any atom is 0.191 e. The second-order valence-electron chi connectivity index (χ2n) is 6.74. The van der Waals surface area contributed by atoms with Crippen LogP contribution in [0.1, 0.15) is 57.6 Å². The maximum atomic E-state index is 13.9. The average molecular weight is 351 g/mol. The van der Waals surface area contributed by atoms with Crippen molar-refractivity contribution in [1.29, 1.82) is 0 Å². The molecule has 1 aliphatic carbocycles. The zero-order valence-electron chi connectivity index (χ0n) is 15.4. The van der Waals surface area contributed by atoms with Gasteiger partial charge in [0, 0.05) is 6.54 Å². The van der Waals surface area contributed by atoms with Gasteiger partial charge in [0.15, 0.2) is 17.5 Å². The number of hydrogen-bond acceptors (Lipinski definition) is 3. The summed E-state index contributed by atoms with van der Waals surface area (Å²) in [5.41, 5.74) is 0.107. The van der Waals surface area contributed by atoms with E-state index in [2.05, 4.69) is 15.6 Å². The molecule has 1 aliphatic rings. The second kappa shape index (κ2) is 9.04. The van der Waals surface area contributed by atoms with Crippen LogP contribution in [0.4, 0.5) is 4.39 Å². The minimum atomic E-state index is -0.698. The van der Waals surface area contributed by atoms with Gasteiger partial charge >= 0.3 is 0 Å². The van der Waals surface area contributed by atoms with E-state index in [1.54, 1.807) is 6.07 Å². The Morgan fingerprint density at radius 3 is 2.68 bits per heavy atom. The van der Waals surface area contributed by atoms with Crippen molar-refractivity contribution < 1.29 is 14.2 Å². The van der Waals surface area contributed by atoms with Crippen LogP contribution < -0.4 is 15.4 Å². The van der Waals surface area contributed by atoms with Crippen molar-refractivity contribution in [2.24, 2.45) is 4.99 Å². The molecular weight excluding hydrogens is 321 g/mol. The lowest BCUT2D eigenvalue weighted by Gasteiger charge is -2.30. The highest BCUT2D eigenvalue weighted by Gasteiger charge is 2.29. The van der Waals surface area contributed by atoms with Crippen molar-refractivity contribution in [3.8, 4) is 5.75 Å². The number of aliphatic hydroxyl groups is 1. The number of nitrogens with one attached hydrogen (secondary N) is 2. The molecule has 0 aliphatic heterocycles. The number of aliphatic imine (C=N–C) groups is 1. The van der Waals surface area contributed by atoms with E-state index in [0.29, 0.717) is 19.0 Å². The Morgan fingerprint density at radius 1 is 1.36 bits per heavy atom. The summed E-state index contributed by atoms with van der Waals surface area (Å²) >= 11 is 0. The summed E-state index contributed by atoms with van der Waals surface area (Å²) in [6.45, 7) is 5.04. The molecule has 0 heterocycles. The first-order chi connectivity index (χ1) is 12.0. The van der Waals surface area contributed by atoms with Crippen LogP contribution in [0.5, 0.6) is 5.75 Å².